The van der Waals surface area contributed by atoms with Gasteiger partial charge in [0, 0.05) is 12.0 Å². The van der Waals surface area contributed by atoms with Crippen molar-refractivity contribution in [1.82, 2.24) is 0 Å². The Hall–Kier alpha value is -1.49. The minimum absolute atomic E-state index is 0.124. The van der Waals surface area contributed by atoms with Crippen LogP contribution in [0.3, 0.4) is 0 Å². The zero-order valence-corrected chi connectivity index (χ0v) is 10.5. The van der Waals surface area contributed by atoms with Crippen LogP contribution in [0.15, 0.2) is 18.2 Å². The number of hydrogen-bond donors (Lipinski definition) is 1. The summed E-state index contributed by atoms with van der Waals surface area (Å²) in [5.41, 5.74) is -1.64. The minimum atomic E-state index is -1.84. The molecule has 0 bridgehead atoms. The molecule has 2 unspecified atom stereocenters. The minimum Gasteiger partial charge on any atom is -0.464 e. The fourth-order valence-corrected chi connectivity index (χ4v) is 1.60. The average molecular weight is 258 g/mol. The van der Waals surface area contributed by atoms with Gasteiger partial charge in [0.1, 0.15) is 11.6 Å². The van der Waals surface area contributed by atoms with Crippen LogP contribution in [0.2, 0.25) is 0 Å². The average Bonchev–Trinajstić information content (AvgIpc) is 2.26. The molecule has 0 amide bonds. The second-order valence-corrected chi connectivity index (χ2v) is 4.29. The number of ether oxygens (including phenoxy) is 1. The summed E-state index contributed by atoms with van der Waals surface area (Å²) in [5.74, 6) is -3.11. The molecule has 1 N–H and O–H groups in total. The summed E-state index contributed by atoms with van der Waals surface area (Å²) in [6.07, 6.45) is 0. The maximum absolute atomic E-state index is 13.1. The maximum Gasteiger partial charge on any atom is 0.338 e. The van der Waals surface area contributed by atoms with Crippen LogP contribution < -0.4 is 0 Å². The van der Waals surface area contributed by atoms with E-state index in [9.17, 15) is 18.7 Å². The quantitative estimate of drug-likeness (QED) is 0.843. The van der Waals surface area contributed by atoms with Crippen molar-refractivity contribution in [2.75, 3.05) is 6.61 Å². The zero-order valence-electron chi connectivity index (χ0n) is 10.5. The molecule has 100 valence electrons. The first kappa shape index (κ1) is 14.6. The Bertz CT molecular complexity index is 424. The maximum atomic E-state index is 13.1. The van der Waals surface area contributed by atoms with Gasteiger partial charge in [0.15, 0.2) is 5.60 Å². The van der Waals surface area contributed by atoms with E-state index < -0.39 is 29.1 Å². The van der Waals surface area contributed by atoms with Gasteiger partial charge in [-0.25, -0.2) is 13.6 Å². The third kappa shape index (κ3) is 3.04. The summed E-state index contributed by atoms with van der Waals surface area (Å²) >= 11 is 0. The molecule has 1 rings (SSSR count). The fraction of sp³-hybridized carbons (Fsp3) is 0.462. The molecule has 0 aromatic heterocycles. The predicted molar refractivity (Wildman–Crippen MR) is 62.0 cm³/mol. The third-order valence-corrected chi connectivity index (χ3v) is 2.92. The van der Waals surface area contributed by atoms with Crippen LogP contribution in [-0.4, -0.2) is 23.3 Å². The molecule has 2 atom stereocenters. The second-order valence-electron chi connectivity index (χ2n) is 4.29. The normalized spacial score (nSPS) is 15.9. The number of rotatable bonds is 4. The lowest BCUT2D eigenvalue weighted by atomic mass is 9.85. The highest BCUT2D eigenvalue weighted by atomic mass is 19.1. The Kier molecular flexibility index (Phi) is 4.40. The van der Waals surface area contributed by atoms with Crippen molar-refractivity contribution in [2.45, 2.75) is 32.3 Å². The van der Waals surface area contributed by atoms with Crippen LogP contribution in [0.25, 0.3) is 0 Å². The van der Waals surface area contributed by atoms with E-state index in [2.05, 4.69) is 0 Å². The molecular formula is C13H16F2O3. The Morgan fingerprint density at radius 2 is 1.89 bits per heavy atom. The van der Waals surface area contributed by atoms with Crippen LogP contribution in [0.1, 0.15) is 32.3 Å². The van der Waals surface area contributed by atoms with E-state index in [0.29, 0.717) is 0 Å². The first-order valence-corrected chi connectivity index (χ1v) is 5.64. The summed E-state index contributed by atoms with van der Waals surface area (Å²) in [6, 6.07) is 2.90. The highest BCUT2D eigenvalue weighted by Gasteiger charge is 2.39. The van der Waals surface area contributed by atoms with Crippen LogP contribution in [-0.2, 0) is 9.53 Å². The Morgan fingerprint density at radius 3 is 2.33 bits per heavy atom. The van der Waals surface area contributed by atoms with E-state index in [1.54, 1.807) is 6.92 Å². The van der Waals surface area contributed by atoms with Gasteiger partial charge in [-0.05, 0) is 31.5 Å². The lowest BCUT2D eigenvalue weighted by Crippen LogP contribution is -2.41. The van der Waals surface area contributed by atoms with Gasteiger partial charge in [-0.3, -0.25) is 0 Å². The highest BCUT2D eigenvalue weighted by Crippen LogP contribution is 2.30. The molecule has 0 aliphatic heterocycles. The summed E-state index contributed by atoms with van der Waals surface area (Å²) in [5, 5.41) is 10.1. The first-order chi connectivity index (χ1) is 8.28. The molecule has 3 nitrogen and oxygen atoms in total. The molecule has 1 aromatic rings. The van der Waals surface area contributed by atoms with Crippen molar-refractivity contribution in [3.63, 3.8) is 0 Å². The summed E-state index contributed by atoms with van der Waals surface area (Å²) in [4.78, 5) is 11.6. The van der Waals surface area contributed by atoms with Gasteiger partial charge in [-0.15, -0.1) is 0 Å². The van der Waals surface area contributed by atoms with Gasteiger partial charge in [-0.2, -0.15) is 0 Å². The Balaban J connectivity index is 3.04. The van der Waals surface area contributed by atoms with Gasteiger partial charge in [0.2, 0.25) is 0 Å². The van der Waals surface area contributed by atoms with Crippen molar-refractivity contribution in [3.8, 4) is 0 Å². The van der Waals surface area contributed by atoms with Gasteiger partial charge >= 0.3 is 5.97 Å². The molecule has 0 fully saturated rings. The third-order valence-electron chi connectivity index (χ3n) is 2.92. The zero-order chi connectivity index (χ0) is 13.9. The van der Waals surface area contributed by atoms with Crippen LogP contribution in [0, 0.1) is 11.6 Å². The number of halogens is 2. The molecule has 0 saturated heterocycles. The van der Waals surface area contributed by atoms with Crippen LogP contribution >= 0.6 is 0 Å². The largest absolute Gasteiger partial charge is 0.464 e. The van der Waals surface area contributed by atoms with E-state index in [4.69, 9.17) is 4.74 Å². The fourth-order valence-electron chi connectivity index (χ4n) is 1.60. The van der Waals surface area contributed by atoms with Crippen LogP contribution in [0.4, 0.5) is 8.78 Å². The lowest BCUT2D eigenvalue weighted by Gasteiger charge is -2.28. The van der Waals surface area contributed by atoms with Crippen molar-refractivity contribution in [1.29, 1.82) is 0 Å². The van der Waals surface area contributed by atoms with Crippen molar-refractivity contribution < 1.29 is 23.4 Å². The molecular weight excluding hydrogens is 242 g/mol. The number of carbonyl (C=O) groups excluding carboxylic acids is 1. The molecule has 5 heteroatoms. The molecule has 0 radical (unpaired) electrons. The number of benzene rings is 1. The highest BCUT2D eigenvalue weighted by molar-refractivity contribution is 5.80. The number of aliphatic hydroxyl groups is 1. The SMILES string of the molecule is CCOC(=O)C(C)(O)C(C)c1cc(F)cc(F)c1. The van der Waals surface area contributed by atoms with E-state index in [1.807, 2.05) is 0 Å². The number of hydrogen-bond acceptors (Lipinski definition) is 3. The number of carbonyl (C=O) groups is 1. The van der Waals surface area contributed by atoms with Crippen molar-refractivity contribution in [3.05, 3.63) is 35.4 Å². The van der Waals surface area contributed by atoms with Crippen molar-refractivity contribution >= 4 is 5.97 Å². The summed E-state index contributed by atoms with van der Waals surface area (Å²) in [7, 11) is 0. The van der Waals surface area contributed by atoms with E-state index >= 15 is 0 Å². The van der Waals surface area contributed by atoms with Crippen LogP contribution in [0.5, 0.6) is 0 Å². The molecule has 0 saturated carbocycles. The van der Waals surface area contributed by atoms with E-state index in [0.717, 1.165) is 18.2 Å². The van der Waals surface area contributed by atoms with E-state index in [-0.39, 0.29) is 12.2 Å². The van der Waals surface area contributed by atoms with Gasteiger partial charge in [0.05, 0.1) is 6.61 Å². The van der Waals surface area contributed by atoms with Gasteiger partial charge in [-0.1, -0.05) is 6.92 Å². The van der Waals surface area contributed by atoms with Gasteiger partial charge < -0.3 is 9.84 Å². The Morgan fingerprint density at radius 1 is 1.39 bits per heavy atom. The Labute approximate surface area is 104 Å². The second kappa shape index (κ2) is 5.44. The molecule has 1 aromatic carbocycles. The molecule has 0 spiro atoms. The van der Waals surface area contributed by atoms with Gasteiger partial charge in [0.25, 0.3) is 0 Å². The molecule has 0 aliphatic rings. The lowest BCUT2D eigenvalue weighted by molar-refractivity contribution is -0.165. The summed E-state index contributed by atoms with van der Waals surface area (Å²) < 4.78 is 30.9. The smallest absolute Gasteiger partial charge is 0.338 e. The van der Waals surface area contributed by atoms with E-state index in [1.165, 1.54) is 13.8 Å². The standard InChI is InChI=1S/C13H16F2O3/c1-4-18-12(16)13(3,17)8(2)9-5-10(14)7-11(15)6-9/h5-8,17H,4H2,1-3H3. The molecule has 0 aliphatic carbocycles. The van der Waals surface area contributed by atoms with Crippen molar-refractivity contribution in [2.24, 2.45) is 0 Å². The first-order valence-electron chi connectivity index (χ1n) is 5.64. The number of esters is 1. The summed E-state index contributed by atoms with van der Waals surface area (Å²) in [6.45, 7) is 4.50. The molecule has 0 heterocycles. The monoisotopic (exact) mass is 258 g/mol. The topological polar surface area (TPSA) is 46.5 Å². The molecule has 18 heavy (non-hydrogen) atoms. The predicted octanol–water partition coefficient (Wildman–Crippen LogP) is 2.38.